The normalized spacial score (nSPS) is 12.4. The molecular weight excluding hydrogens is 378 g/mol. The van der Waals surface area contributed by atoms with Crippen LogP contribution >= 0.6 is 31.9 Å². The van der Waals surface area contributed by atoms with Crippen molar-refractivity contribution in [1.82, 2.24) is 0 Å². The predicted octanol–water partition coefficient (Wildman–Crippen LogP) is 5.45. The van der Waals surface area contributed by atoms with Crippen molar-refractivity contribution in [3.05, 3.63) is 69.7 Å². The molecule has 0 spiro atoms. The average Bonchev–Trinajstić information content (AvgIpc) is 2.42. The van der Waals surface area contributed by atoms with Gasteiger partial charge in [-0.1, -0.05) is 40.2 Å². The van der Waals surface area contributed by atoms with Gasteiger partial charge in [-0.2, -0.15) is 0 Å². The van der Waals surface area contributed by atoms with Gasteiger partial charge < -0.3 is 0 Å². The first-order chi connectivity index (χ1) is 9.11. The predicted molar refractivity (Wildman–Crippen MR) is 80.7 cm³/mol. The summed E-state index contributed by atoms with van der Waals surface area (Å²) in [7, 11) is 0. The van der Waals surface area contributed by atoms with E-state index in [1.165, 1.54) is 18.2 Å². The van der Waals surface area contributed by atoms with Gasteiger partial charge in [-0.05, 0) is 57.6 Å². The van der Waals surface area contributed by atoms with Gasteiger partial charge in [-0.25, -0.2) is 8.78 Å². The van der Waals surface area contributed by atoms with E-state index in [9.17, 15) is 8.78 Å². The highest BCUT2D eigenvalue weighted by atomic mass is 79.9. The van der Waals surface area contributed by atoms with E-state index in [1.54, 1.807) is 18.2 Å². The van der Waals surface area contributed by atoms with Crippen LogP contribution in [0.15, 0.2) is 46.9 Å². The van der Waals surface area contributed by atoms with Gasteiger partial charge in [0.15, 0.2) is 0 Å². The van der Waals surface area contributed by atoms with E-state index in [0.29, 0.717) is 10.9 Å². The zero-order chi connectivity index (χ0) is 13.8. The van der Waals surface area contributed by atoms with Crippen LogP contribution < -0.4 is 0 Å². The second kappa shape index (κ2) is 6.62. The van der Waals surface area contributed by atoms with Crippen molar-refractivity contribution in [1.29, 1.82) is 0 Å². The highest BCUT2D eigenvalue weighted by Gasteiger charge is 2.14. The van der Waals surface area contributed by atoms with E-state index >= 15 is 0 Å². The van der Waals surface area contributed by atoms with Crippen LogP contribution in [-0.2, 0) is 6.42 Å². The maximum atomic E-state index is 13.5. The molecule has 0 radical (unpaired) electrons. The fourth-order valence-electron chi connectivity index (χ4n) is 1.97. The fourth-order valence-corrected chi connectivity index (χ4v) is 3.00. The largest absolute Gasteiger partial charge is 0.207 e. The lowest BCUT2D eigenvalue weighted by Gasteiger charge is -2.16. The van der Waals surface area contributed by atoms with Crippen molar-refractivity contribution in [3.63, 3.8) is 0 Å². The molecule has 100 valence electrons. The van der Waals surface area contributed by atoms with Crippen molar-refractivity contribution in [3.8, 4) is 0 Å². The lowest BCUT2D eigenvalue weighted by molar-refractivity contribution is 0.615. The summed E-state index contributed by atoms with van der Waals surface area (Å²) in [4.78, 5) is 0. The summed E-state index contributed by atoms with van der Waals surface area (Å²) in [5, 5.41) is 0.738. The quantitative estimate of drug-likeness (QED) is 0.610. The first kappa shape index (κ1) is 14.7. The Kier molecular flexibility index (Phi) is 5.11. The lowest BCUT2D eigenvalue weighted by Crippen LogP contribution is -2.05. The second-order valence-corrected chi connectivity index (χ2v) is 5.76. The molecule has 2 aromatic rings. The third-order valence-corrected chi connectivity index (χ3v) is 4.70. The van der Waals surface area contributed by atoms with Crippen molar-refractivity contribution in [2.24, 2.45) is 0 Å². The van der Waals surface area contributed by atoms with Gasteiger partial charge in [0, 0.05) is 5.33 Å². The molecule has 19 heavy (non-hydrogen) atoms. The zero-order valence-corrected chi connectivity index (χ0v) is 13.2. The molecule has 0 amide bonds. The van der Waals surface area contributed by atoms with Gasteiger partial charge in [0.05, 0.1) is 4.47 Å². The summed E-state index contributed by atoms with van der Waals surface area (Å²) in [5.41, 5.74) is 1.95. The van der Waals surface area contributed by atoms with Gasteiger partial charge in [0.1, 0.15) is 11.6 Å². The molecule has 1 unspecified atom stereocenters. The molecule has 1 atom stereocenters. The molecule has 4 heteroatoms. The Morgan fingerprint density at radius 2 is 1.68 bits per heavy atom. The number of alkyl halides is 1. The van der Waals surface area contributed by atoms with E-state index in [1.807, 2.05) is 6.07 Å². The summed E-state index contributed by atoms with van der Waals surface area (Å²) in [5.74, 6) is -0.326. The van der Waals surface area contributed by atoms with E-state index in [4.69, 9.17) is 0 Å². The third kappa shape index (κ3) is 3.63. The van der Waals surface area contributed by atoms with Crippen LogP contribution in [0.5, 0.6) is 0 Å². The van der Waals surface area contributed by atoms with Crippen molar-refractivity contribution < 1.29 is 8.78 Å². The minimum atomic E-state index is -0.259. The highest BCUT2D eigenvalue weighted by Crippen LogP contribution is 2.28. The molecule has 0 heterocycles. The number of rotatable bonds is 4. The number of halogens is 4. The summed E-state index contributed by atoms with van der Waals surface area (Å²) in [6, 6.07) is 11.5. The van der Waals surface area contributed by atoms with Gasteiger partial charge in [-0.15, -0.1) is 0 Å². The van der Waals surface area contributed by atoms with Crippen molar-refractivity contribution >= 4 is 31.9 Å². The van der Waals surface area contributed by atoms with E-state index in [-0.39, 0.29) is 17.6 Å². The maximum absolute atomic E-state index is 13.5. The Bertz CT molecular complexity index is 553. The summed E-state index contributed by atoms with van der Waals surface area (Å²) in [6.07, 6.45) is 0.690. The minimum absolute atomic E-state index is 0.179. The zero-order valence-electron chi connectivity index (χ0n) is 10.0. The van der Waals surface area contributed by atoms with E-state index in [0.717, 1.165) is 16.5 Å². The Labute approximate surface area is 128 Å². The molecule has 0 aliphatic heterocycles. The first-order valence-electron chi connectivity index (χ1n) is 5.86. The van der Waals surface area contributed by atoms with Crippen molar-refractivity contribution in [2.45, 2.75) is 12.3 Å². The Hall–Kier alpha value is -0.740. The molecule has 0 bridgehead atoms. The average molecular weight is 390 g/mol. The van der Waals surface area contributed by atoms with Gasteiger partial charge in [-0.3, -0.25) is 0 Å². The number of hydrogen-bond donors (Lipinski definition) is 0. The highest BCUT2D eigenvalue weighted by molar-refractivity contribution is 9.10. The van der Waals surface area contributed by atoms with E-state index < -0.39 is 0 Å². The summed E-state index contributed by atoms with van der Waals surface area (Å²) < 4.78 is 26.9. The molecule has 2 rings (SSSR count). The van der Waals surface area contributed by atoms with Crippen LogP contribution in [0.25, 0.3) is 0 Å². The smallest absolute Gasteiger partial charge is 0.137 e. The fraction of sp³-hybridized carbons (Fsp3) is 0.200. The Balaban J connectivity index is 2.24. The van der Waals surface area contributed by atoms with Gasteiger partial charge >= 0.3 is 0 Å². The topological polar surface area (TPSA) is 0 Å². The van der Waals surface area contributed by atoms with Crippen LogP contribution in [0.2, 0.25) is 0 Å². The Morgan fingerprint density at radius 3 is 2.32 bits per heavy atom. The molecule has 0 fully saturated rings. The van der Waals surface area contributed by atoms with Crippen LogP contribution in [-0.4, -0.2) is 5.33 Å². The molecular formula is C15H12Br2F2. The standard InChI is InChI=1S/C15H12Br2F2/c16-9-12(10-4-6-13(18)7-5-10)8-11-2-1-3-14(19)15(11)17/h1-7,12H,8-9H2. The van der Waals surface area contributed by atoms with Crippen LogP contribution in [0.1, 0.15) is 17.0 Å². The molecule has 0 saturated carbocycles. The molecule has 0 N–H and O–H groups in total. The van der Waals surface area contributed by atoms with Crippen LogP contribution in [0, 0.1) is 11.6 Å². The van der Waals surface area contributed by atoms with Gasteiger partial charge in [0.2, 0.25) is 0 Å². The minimum Gasteiger partial charge on any atom is -0.207 e. The molecule has 0 aliphatic carbocycles. The lowest BCUT2D eigenvalue weighted by atomic mass is 9.94. The van der Waals surface area contributed by atoms with Crippen LogP contribution in [0.3, 0.4) is 0 Å². The maximum Gasteiger partial charge on any atom is 0.137 e. The van der Waals surface area contributed by atoms with Gasteiger partial charge in [0.25, 0.3) is 0 Å². The number of benzene rings is 2. The monoisotopic (exact) mass is 388 g/mol. The molecule has 0 aromatic heterocycles. The second-order valence-electron chi connectivity index (χ2n) is 4.32. The van der Waals surface area contributed by atoms with E-state index in [2.05, 4.69) is 31.9 Å². The summed E-state index contributed by atoms with van der Waals surface area (Å²) in [6.45, 7) is 0. The molecule has 0 saturated heterocycles. The third-order valence-electron chi connectivity index (χ3n) is 3.03. The van der Waals surface area contributed by atoms with Crippen LogP contribution in [0.4, 0.5) is 8.78 Å². The number of hydrogen-bond acceptors (Lipinski definition) is 0. The first-order valence-corrected chi connectivity index (χ1v) is 7.77. The molecule has 2 aromatic carbocycles. The SMILES string of the molecule is Fc1ccc(C(CBr)Cc2cccc(F)c2Br)cc1. The molecule has 0 nitrogen and oxygen atoms in total. The Morgan fingerprint density at radius 1 is 1.00 bits per heavy atom. The van der Waals surface area contributed by atoms with Crippen molar-refractivity contribution in [2.75, 3.05) is 5.33 Å². The molecule has 0 aliphatic rings. The summed E-state index contributed by atoms with van der Waals surface area (Å²) >= 11 is 6.74.